The van der Waals surface area contributed by atoms with Gasteiger partial charge in [0.1, 0.15) is 5.82 Å². The number of piperidine rings is 1. The van der Waals surface area contributed by atoms with Crippen LogP contribution in [0, 0.1) is 12.7 Å². The molecule has 0 saturated carbocycles. The third kappa shape index (κ3) is 2.70. The van der Waals surface area contributed by atoms with Gasteiger partial charge in [0.15, 0.2) is 0 Å². The van der Waals surface area contributed by atoms with E-state index < -0.39 is 0 Å². The minimum Gasteiger partial charge on any atom is -0.316 e. The Morgan fingerprint density at radius 3 is 2.61 bits per heavy atom. The van der Waals surface area contributed by atoms with Gasteiger partial charge >= 0.3 is 0 Å². The summed E-state index contributed by atoms with van der Waals surface area (Å²) in [4.78, 5) is 4.50. The molecule has 0 amide bonds. The Morgan fingerprint density at radius 2 is 1.78 bits per heavy atom. The maximum absolute atomic E-state index is 13.7. The zero-order valence-electron chi connectivity index (χ0n) is 13.5. The van der Waals surface area contributed by atoms with Gasteiger partial charge in [-0.25, -0.2) is 4.39 Å². The van der Waals surface area contributed by atoms with Crippen molar-refractivity contribution in [2.45, 2.75) is 32.6 Å². The molecule has 2 nitrogen and oxygen atoms in total. The molecule has 0 atom stereocenters. The van der Waals surface area contributed by atoms with Crippen molar-refractivity contribution in [3.63, 3.8) is 0 Å². The number of halogens is 1. The summed E-state index contributed by atoms with van der Waals surface area (Å²) >= 11 is 0. The predicted octanol–water partition coefficient (Wildman–Crippen LogP) is 3.81. The fourth-order valence-electron chi connectivity index (χ4n) is 3.80. The van der Waals surface area contributed by atoms with E-state index in [1.54, 1.807) is 6.07 Å². The van der Waals surface area contributed by atoms with Crippen LogP contribution in [-0.2, 0) is 12.8 Å². The summed E-state index contributed by atoms with van der Waals surface area (Å²) in [6, 6.07) is 8.35. The van der Waals surface area contributed by atoms with Crippen molar-refractivity contribution >= 4 is 5.57 Å². The number of rotatable bonds is 0. The lowest BCUT2D eigenvalue weighted by Gasteiger charge is -2.22. The summed E-state index contributed by atoms with van der Waals surface area (Å²) in [7, 11) is 0. The number of nitrogens with zero attached hydrogens (tertiary/aromatic N) is 1. The molecule has 1 fully saturated rings. The standard InChI is InChI=1S/C20H21FN2/c1-13-2-5-18-15(10-13)3-4-16-11-17(21)12-23-20(16)19(18)14-6-8-22-9-7-14/h2,5,10-12,22H,3-4,6-9H2,1H3. The van der Waals surface area contributed by atoms with Crippen LogP contribution in [0.1, 0.15) is 40.8 Å². The van der Waals surface area contributed by atoms with E-state index in [9.17, 15) is 4.39 Å². The molecule has 1 N–H and O–H groups in total. The van der Waals surface area contributed by atoms with Gasteiger partial charge in [0.05, 0.1) is 11.9 Å². The first kappa shape index (κ1) is 14.6. The van der Waals surface area contributed by atoms with Crippen LogP contribution >= 0.6 is 0 Å². The summed E-state index contributed by atoms with van der Waals surface area (Å²) in [5.74, 6) is -0.236. The lowest BCUT2D eigenvalue weighted by atomic mass is 9.88. The van der Waals surface area contributed by atoms with Crippen LogP contribution in [0.3, 0.4) is 0 Å². The zero-order valence-corrected chi connectivity index (χ0v) is 13.5. The van der Waals surface area contributed by atoms with E-state index in [1.165, 1.54) is 34.0 Å². The van der Waals surface area contributed by atoms with E-state index in [4.69, 9.17) is 0 Å². The highest BCUT2D eigenvalue weighted by Gasteiger charge is 2.23. The highest BCUT2D eigenvalue weighted by atomic mass is 19.1. The number of hydrogen-bond acceptors (Lipinski definition) is 2. The molecule has 1 aromatic heterocycles. The van der Waals surface area contributed by atoms with Gasteiger partial charge in [-0.3, -0.25) is 4.98 Å². The molecule has 0 spiro atoms. The molecule has 1 saturated heterocycles. The second kappa shape index (κ2) is 5.89. The topological polar surface area (TPSA) is 24.9 Å². The number of hydrogen-bond donors (Lipinski definition) is 1. The Morgan fingerprint density at radius 1 is 1.00 bits per heavy atom. The second-order valence-corrected chi connectivity index (χ2v) is 6.55. The van der Waals surface area contributed by atoms with E-state index in [-0.39, 0.29) is 5.82 Å². The summed E-state index contributed by atoms with van der Waals surface area (Å²) in [6.07, 6.45) is 5.25. The van der Waals surface area contributed by atoms with Gasteiger partial charge in [-0.05, 0) is 68.5 Å². The Hall–Kier alpha value is -2.00. The molecular weight excluding hydrogens is 287 g/mol. The molecule has 2 aliphatic rings. The molecule has 2 aromatic rings. The van der Waals surface area contributed by atoms with Crippen LogP contribution in [0.4, 0.5) is 4.39 Å². The molecule has 118 valence electrons. The van der Waals surface area contributed by atoms with Crippen LogP contribution in [0.2, 0.25) is 0 Å². The predicted molar refractivity (Wildman–Crippen MR) is 90.9 cm³/mol. The molecule has 1 aliphatic heterocycles. The molecule has 4 rings (SSSR count). The molecule has 3 heteroatoms. The van der Waals surface area contributed by atoms with Crippen LogP contribution in [0.5, 0.6) is 0 Å². The number of pyridine rings is 1. The van der Waals surface area contributed by atoms with E-state index in [1.807, 2.05) is 0 Å². The van der Waals surface area contributed by atoms with Crippen LogP contribution < -0.4 is 5.32 Å². The summed E-state index contributed by atoms with van der Waals surface area (Å²) in [6.45, 7) is 4.15. The molecule has 2 heterocycles. The SMILES string of the molecule is Cc1ccc2c(c1)CCc1cc(F)cnc1C2=C1CCNCC1. The highest BCUT2D eigenvalue weighted by molar-refractivity contribution is 5.84. The Bertz CT molecular complexity index is 729. The van der Waals surface area contributed by atoms with Crippen molar-refractivity contribution in [2.75, 3.05) is 13.1 Å². The fraction of sp³-hybridized carbons (Fsp3) is 0.350. The van der Waals surface area contributed by atoms with Crippen molar-refractivity contribution < 1.29 is 4.39 Å². The lowest BCUT2D eigenvalue weighted by molar-refractivity contribution is 0.610. The van der Waals surface area contributed by atoms with Crippen molar-refractivity contribution in [1.82, 2.24) is 10.3 Å². The monoisotopic (exact) mass is 308 g/mol. The first-order valence-corrected chi connectivity index (χ1v) is 8.40. The number of aromatic nitrogens is 1. The third-order valence-corrected chi connectivity index (χ3v) is 4.92. The van der Waals surface area contributed by atoms with Crippen LogP contribution in [0.25, 0.3) is 5.57 Å². The Labute approximate surface area is 136 Å². The van der Waals surface area contributed by atoms with Gasteiger partial charge in [-0.2, -0.15) is 0 Å². The number of nitrogens with one attached hydrogen (secondary N) is 1. The fourth-order valence-corrected chi connectivity index (χ4v) is 3.80. The smallest absolute Gasteiger partial charge is 0.141 e. The minimum atomic E-state index is -0.236. The first-order valence-electron chi connectivity index (χ1n) is 8.40. The van der Waals surface area contributed by atoms with Crippen LogP contribution in [0.15, 0.2) is 36.0 Å². The highest BCUT2D eigenvalue weighted by Crippen LogP contribution is 2.37. The minimum absolute atomic E-state index is 0.236. The molecule has 1 aromatic carbocycles. The molecule has 1 aliphatic carbocycles. The van der Waals surface area contributed by atoms with Crippen molar-refractivity contribution in [1.29, 1.82) is 0 Å². The molecular formula is C20H21FN2. The maximum Gasteiger partial charge on any atom is 0.141 e. The zero-order chi connectivity index (χ0) is 15.8. The van der Waals surface area contributed by atoms with Crippen molar-refractivity contribution in [2.24, 2.45) is 0 Å². The molecule has 23 heavy (non-hydrogen) atoms. The first-order chi connectivity index (χ1) is 11.2. The van der Waals surface area contributed by atoms with E-state index in [0.717, 1.165) is 50.0 Å². The number of fused-ring (bicyclic) bond motifs is 2. The van der Waals surface area contributed by atoms with Crippen molar-refractivity contribution in [3.05, 3.63) is 69.8 Å². The largest absolute Gasteiger partial charge is 0.316 e. The maximum atomic E-state index is 13.7. The van der Waals surface area contributed by atoms with E-state index in [0.29, 0.717) is 0 Å². The average Bonchev–Trinajstić information content (AvgIpc) is 2.72. The van der Waals surface area contributed by atoms with Gasteiger partial charge in [-0.1, -0.05) is 29.3 Å². The van der Waals surface area contributed by atoms with E-state index >= 15 is 0 Å². The van der Waals surface area contributed by atoms with Gasteiger partial charge in [-0.15, -0.1) is 0 Å². The number of aryl methyl sites for hydroxylation is 3. The molecule has 0 unspecified atom stereocenters. The normalized spacial score (nSPS) is 17.5. The average molecular weight is 308 g/mol. The molecule has 0 radical (unpaired) electrons. The number of benzene rings is 1. The molecule has 0 bridgehead atoms. The van der Waals surface area contributed by atoms with Gasteiger partial charge in [0.25, 0.3) is 0 Å². The van der Waals surface area contributed by atoms with Gasteiger partial charge in [0, 0.05) is 5.57 Å². The summed E-state index contributed by atoms with van der Waals surface area (Å²) < 4.78 is 13.7. The van der Waals surface area contributed by atoms with Crippen molar-refractivity contribution in [3.8, 4) is 0 Å². The van der Waals surface area contributed by atoms with Crippen LogP contribution in [-0.4, -0.2) is 18.1 Å². The van der Waals surface area contributed by atoms with E-state index in [2.05, 4.69) is 35.4 Å². The third-order valence-electron chi connectivity index (χ3n) is 4.92. The quantitative estimate of drug-likeness (QED) is 0.800. The summed E-state index contributed by atoms with van der Waals surface area (Å²) in [5.41, 5.74) is 8.69. The van der Waals surface area contributed by atoms with Gasteiger partial charge < -0.3 is 5.32 Å². The lowest BCUT2D eigenvalue weighted by Crippen LogP contribution is -2.24. The summed E-state index contributed by atoms with van der Waals surface area (Å²) in [5, 5.41) is 3.42. The Balaban J connectivity index is 1.98. The second-order valence-electron chi connectivity index (χ2n) is 6.55. The van der Waals surface area contributed by atoms with Gasteiger partial charge in [0.2, 0.25) is 0 Å². The Kier molecular flexibility index (Phi) is 3.74.